The Hall–Kier alpha value is -3.08. The Labute approximate surface area is 338 Å². The fourth-order valence-electron chi connectivity index (χ4n) is 5.14. The highest BCUT2D eigenvalue weighted by atomic mass is 31.2. The number of carboxylic acids is 1. The fourth-order valence-corrected chi connectivity index (χ4v) is 5.92. The van der Waals surface area contributed by atoms with E-state index in [1.165, 1.54) is 19.3 Å². The zero-order chi connectivity index (χ0) is 41.4. The summed E-state index contributed by atoms with van der Waals surface area (Å²) in [6.45, 7) is 2.60. The highest BCUT2D eigenvalue weighted by molar-refractivity contribution is 7.47. The summed E-state index contributed by atoms with van der Waals surface area (Å²) in [7, 11) is -4.73. The molecule has 0 aromatic rings. The number of carbonyl (C=O) groups is 3. The average Bonchev–Trinajstić information content (AvgIpc) is 3.17. The van der Waals surface area contributed by atoms with Gasteiger partial charge in [0.25, 0.3) is 0 Å². The van der Waals surface area contributed by atoms with E-state index in [0.29, 0.717) is 12.8 Å². The van der Waals surface area contributed by atoms with Gasteiger partial charge in [0, 0.05) is 12.8 Å². The third-order valence-electron chi connectivity index (χ3n) is 8.44. The Morgan fingerprint density at radius 2 is 1.00 bits per heavy atom. The Balaban J connectivity index is 4.47. The Morgan fingerprint density at radius 3 is 1.50 bits per heavy atom. The van der Waals surface area contributed by atoms with Crippen molar-refractivity contribution in [1.82, 2.24) is 0 Å². The minimum Gasteiger partial charge on any atom is -0.480 e. The van der Waals surface area contributed by atoms with Gasteiger partial charge in [0.2, 0.25) is 0 Å². The number of phosphoric acid groups is 1. The SMILES string of the molecule is CC/C=C/C/C=C/C/C=C/CCCCCCCC(=O)O[C@H](COC(=O)CCCCCC/C=C/C/C=C/C/C=C/CCCCC)COP(=O)(O)OC[C@H](N)C(=O)O. The second kappa shape index (κ2) is 38.8. The summed E-state index contributed by atoms with van der Waals surface area (Å²) in [6, 6.07) is -1.53. The maximum atomic E-state index is 12.6. The maximum absolute atomic E-state index is 12.6. The van der Waals surface area contributed by atoms with Crippen molar-refractivity contribution in [3.05, 3.63) is 72.9 Å². The summed E-state index contributed by atoms with van der Waals surface area (Å²) >= 11 is 0. The first-order valence-corrected chi connectivity index (χ1v) is 22.5. The molecule has 0 aromatic carbocycles. The van der Waals surface area contributed by atoms with Crippen molar-refractivity contribution >= 4 is 25.7 Å². The Kier molecular flexibility index (Phi) is 36.6. The van der Waals surface area contributed by atoms with E-state index in [2.05, 4.69) is 91.3 Å². The number of ether oxygens (including phenoxy) is 2. The second-order valence-electron chi connectivity index (χ2n) is 13.7. The summed E-state index contributed by atoms with van der Waals surface area (Å²) in [5.74, 6) is -2.44. The molecule has 3 atom stereocenters. The van der Waals surface area contributed by atoms with Gasteiger partial charge in [-0.3, -0.25) is 23.4 Å². The molecular weight excluding hydrogens is 733 g/mol. The quantitative estimate of drug-likeness (QED) is 0.0235. The monoisotopic (exact) mass is 808 g/mol. The standard InChI is InChI=1S/C44H74NO10P/c1-3-5-7-9-11-13-15-17-19-20-22-23-25-27-29-31-33-35-42(46)52-37-40(38-53-56(50,51)54-39-41(45)44(48)49)55-43(47)36-34-32-30-28-26-24-21-18-16-14-12-10-8-6-4-2/h6,8,11-14,17-19,21-23,40-41H,3-5,7,9-10,15-16,20,24-39,45H2,1-2H3,(H,48,49)(H,50,51)/b8-6+,13-11+,14-12+,19-17+,21-18+,23-22+/t40-,41+/m1/s1. The predicted molar refractivity (Wildman–Crippen MR) is 226 cm³/mol. The molecule has 0 fully saturated rings. The lowest BCUT2D eigenvalue weighted by Crippen LogP contribution is -2.34. The number of rotatable bonds is 38. The molecule has 12 heteroatoms. The smallest absolute Gasteiger partial charge is 0.472 e. The highest BCUT2D eigenvalue weighted by Crippen LogP contribution is 2.43. The second-order valence-corrected chi connectivity index (χ2v) is 15.2. The Morgan fingerprint density at radius 1 is 0.571 bits per heavy atom. The van der Waals surface area contributed by atoms with Gasteiger partial charge in [-0.15, -0.1) is 0 Å². The van der Waals surface area contributed by atoms with Crippen molar-refractivity contribution < 1.29 is 47.5 Å². The van der Waals surface area contributed by atoms with Crippen molar-refractivity contribution in [3.8, 4) is 0 Å². The van der Waals surface area contributed by atoms with E-state index in [0.717, 1.165) is 96.3 Å². The van der Waals surface area contributed by atoms with Crippen LogP contribution in [0.25, 0.3) is 0 Å². The van der Waals surface area contributed by atoms with Crippen molar-refractivity contribution in [1.29, 1.82) is 0 Å². The topological polar surface area (TPSA) is 172 Å². The zero-order valence-electron chi connectivity index (χ0n) is 34.4. The summed E-state index contributed by atoms with van der Waals surface area (Å²) in [4.78, 5) is 45.9. The van der Waals surface area contributed by atoms with E-state index >= 15 is 0 Å². The number of esters is 2. The molecule has 11 nitrogen and oxygen atoms in total. The van der Waals surface area contributed by atoms with Gasteiger partial charge in [0.05, 0.1) is 13.2 Å². The first-order chi connectivity index (χ1) is 27.1. The van der Waals surface area contributed by atoms with Crippen LogP contribution in [0.4, 0.5) is 0 Å². The van der Waals surface area contributed by atoms with Gasteiger partial charge in [0.1, 0.15) is 12.6 Å². The molecule has 320 valence electrons. The number of phosphoric ester groups is 1. The third kappa shape index (κ3) is 37.8. The van der Waals surface area contributed by atoms with E-state index in [1.807, 2.05) is 0 Å². The number of allylic oxidation sites excluding steroid dienone is 12. The molecule has 0 rings (SSSR count). The van der Waals surface area contributed by atoms with Crippen LogP contribution in [0.15, 0.2) is 72.9 Å². The van der Waals surface area contributed by atoms with Gasteiger partial charge < -0.3 is 25.2 Å². The normalized spacial score (nSPS) is 14.5. The van der Waals surface area contributed by atoms with Crippen molar-refractivity contribution in [3.63, 3.8) is 0 Å². The van der Waals surface area contributed by atoms with Crippen molar-refractivity contribution in [2.75, 3.05) is 19.8 Å². The molecule has 0 saturated heterocycles. The van der Waals surface area contributed by atoms with E-state index < -0.39 is 51.1 Å². The number of carbonyl (C=O) groups excluding carboxylic acids is 2. The summed E-state index contributed by atoms with van der Waals surface area (Å²) in [6.07, 6.45) is 45.3. The number of nitrogens with two attached hydrogens (primary N) is 1. The predicted octanol–water partition coefficient (Wildman–Crippen LogP) is 10.9. The minimum absolute atomic E-state index is 0.133. The number of unbranched alkanes of at least 4 members (excludes halogenated alkanes) is 12. The van der Waals surface area contributed by atoms with Crippen LogP contribution in [-0.2, 0) is 37.5 Å². The molecule has 0 aliphatic carbocycles. The van der Waals surface area contributed by atoms with Crippen molar-refractivity contribution in [2.24, 2.45) is 5.73 Å². The minimum atomic E-state index is -4.73. The third-order valence-corrected chi connectivity index (χ3v) is 9.39. The van der Waals surface area contributed by atoms with Crippen LogP contribution >= 0.6 is 7.82 Å². The van der Waals surface area contributed by atoms with Gasteiger partial charge in [0.15, 0.2) is 6.10 Å². The molecule has 0 amide bonds. The van der Waals surface area contributed by atoms with Gasteiger partial charge in [-0.25, -0.2) is 4.57 Å². The molecular formula is C44H74NO10P. The molecule has 0 aliphatic rings. The molecule has 56 heavy (non-hydrogen) atoms. The van der Waals surface area contributed by atoms with Gasteiger partial charge in [-0.1, -0.05) is 132 Å². The molecule has 0 heterocycles. The fraction of sp³-hybridized carbons (Fsp3) is 0.659. The highest BCUT2D eigenvalue weighted by Gasteiger charge is 2.28. The Bertz CT molecular complexity index is 1230. The van der Waals surface area contributed by atoms with Gasteiger partial charge in [-0.2, -0.15) is 0 Å². The summed E-state index contributed by atoms with van der Waals surface area (Å²) in [5.41, 5.74) is 5.32. The number of hydrogen-bond acceptors (Lipinski definition) is 9. The van der Waals surface area contributed by atoms with Crippen LogP contribution in [0, 0.1) is 0 Å². The maximum Gasteiger partial charge on any atom is 0.472 e. The van der Waals surface area contributed by atoms with Crippen LogP contribution in [-0.4, -0.2) is 59.9 Å². The first-order valence-electron chi connectivity index (χ1n) is 21.0. The van der Waals surface area contributed by atoms with Crippen LogP contribution in [0.1, 0.15) is 155 Å². The molecule has 0 spiro atoms. The van der Waals surface area contributed by atoms with E-state index in [-0.39, 0.29) is 19.4 Å². The number of aliphatic carboxylic acids is 1. The number of hydrogen-bond donors (Lipinski definition) is 3. The largest absolute Gasteiger partial charge is 0.480 e. The lowest BCUT2D eigenvalue weighted by Gasteiger charge is -2.20. The molecule has 0 bridgehead atoms. The summed E-state index contributed by atoms with van der Waals surface area (Å²) in [5, 5.41) is 8.88. The first kappa shape index (κ1) is 52.9. The molecule has 0 saturated carbocycles. The molecule has 0 radical (unpaired) electrons. The van der Waals surface area contributed by atoms with Crippen LogP contribution in [0.5, 0.6) is 0 Å². The van der Waals surface area contributed by atoms with Gasteiger partial charge >= 0.3 is 25.7 Å². The van der Waals surface area contributed by atoms with Crippen LogP contribution in [0.2, 0.25) is 0 Å². The zero-order valence-corrected chi connectivity index (χ0v) is 35.3. The lowest BCUT2D eigenvalue weighted by atomic mass is 10.1. The van der Waals surface area contributed by atoms with E-state index in [9.17, 15) is 23.8 Å². The summed E-state index contributed by atoms with van der Waals surface area (Å²) < 4.78 is 32.6. The molecule has 4 N–H and O–H groups in total. The molecule has 1 unspecified atom stereocenters. The van der Waals surface area contributed by atoms with E-state index in [1.54, 1.807) is 0 Å². The van der Waals surface area contributed by atoms with Crippen LogP contribution < -0.4 is 5.73 Å². The lowest BCUT2D eigenvalue weighted by molar-refractivity contribution is -0.161. The van der Waals surface area contributed by atoms with E-state index in [4.69, 9.17) is 24.8 Å². The average molecular weight is 808 g/mol. The molecule has 0 aliphatic heterocycles. The van der Waals surface area contributed by atoms with Crippen molar-refractivity contribution in [2.45, 2.75) is 167 Å². The molecule has 0 aromatic heterocycles. The number of carboxylic acid groups (broad SMARTS) is 1. The van der Waals surface area contributed by atoms with Crippen LogP contribution in [0.3, 0.4) is 0 Å². The van der Waals surface area contributed by atoms with Gasteiger partial charge in [-0.05, 0) is 83.5 Å².